The second-order valence-electron chi connectivity index (χ2n) is 4.22. The van der Waals surface area contributed by atoms with Crippen LogP contribution in [-0.2, 0) is 16.6 Å². The Balaban J connectivity index is 2.27. The first-order valence-corrected chi connectivity index (χ1v) is 8.72. The van der Waals surface area contributed by atoms with Gasteiger partial charge >= 0.3 is 0 Å². The number of anilines is 1. The predicted molar refractivity (Wildman–Crippen MR) is 81.1 cm³/mol. The fourth-order valence-electron chi connectivity index (χ4n) is 1.65. The molecule has 0 aliphatic heterocycles. The van der Waals surface area contributed by atoms with Gasteiger partial charge in [0.25, 0.3) is 10.0 Å². The summed E-state index contributed by atoms with van der Waals surface area (Å²) in [6, 6.07) is 4.40. The van der Waals surface area contributed by atoms with Gasteiger partial charge in [-0.3, -0.25) is 4.72 Å². The van der Waals surface area contributed by atoms with Crippen LogP contribution in [0.15, 0.2) is 34.7 Å². The van der Waals surface area contributed by atoms with Crippen LogP contribution in [0.2, 0.25) is 0 Å². The first-order valence-electron chi connectivity index (χ1n) is 6.35. The molecule has 2 aromatic rings. The summed E-state index contributed by atoms with van der Waals surface area (Å²) < 4.78 is 32.3. The van der Waals surface area contributed by atoms with Gasteiger partial charge in [-0.2, -0.15) is 0 Å². The highest BCUT2D eigenvalue weighted by Gasteiger charge is 2.17. The van der Waals surface area contributed by atoms with Crippen molar-refractivity contribution in [2.75, 3.05) is 11.3 Å². The number of nitrogens with one attached hydrogen (secondary N) is 1. The third-order valence-corrected chi connectivity index (χ3v) is 4.78. The summed E-state index contributed by atoms with van der Waals surface area (Å²) in [7, 11) is -3.72. The van der Waals surface area contributed by atoms with Crippen LogP contribution in [0.1, 0.15) is 18.9 Å². The van der Waals surface area contributed by atoms with Crippen molar-refractivity contribution < 1.29 is 18.3 Å². The number of aromatic nitrogens is 1. The Labute approximate surface area is 127 Å². The quantitative estimate of drug-likeness (QED) is 0.813. The van der Waals surface area contributed by atoms with Gasteiger partial charge in [0.2, 0.25) is 0 Å². The summed E-state index contributed by atoms with van der Waals surface area (Å²) in [5.41, 5.74) is 0.436. The lowest BCUT2D eigenvalue weighted by molar-refractivity contribution is 0.262. The van der Waals surface area contributed by atoms with E-state index in [9.17, 15) is 13.5 Å². The molecule has 0 spiro atoms. The van der Waals surface area contributed by atoms with E-state index in [1.807, 2.05) is 6.92 Å². The zero-order chi connectivity index (χ0) is 15.3. The van der Waals surface area contributed by atoms with Crippen molar-refractivity contribution in [1.82, 2.24) is 4.98 Å². The van der Waals surface area contributed by atoms with E-state index in [0.717, 1.165) is 6.42 Å². The first kappa shape index (κ1) is 15.7. The molecule has 21 heavy (non-hydrogen) atoms. The highest BCUT2D eigenvalue weighted by atomic mass is 32.2. The Bertz CT molecular complexity index is 684. The number of benzene rings is 1. The number of thiazole rings is 1. The van der Waals surface area contributed by atoms with Gasteiger partial charge < -0.3 is 9.84 Å². The fourth-order valence-corrected chi connectivity index (χ4v) is 3.49. The van der Waals surface area contributed by atoms with Crippen LogP contribution in [0.5, 0.6) is 5.75 Å². The van der Waals surface area contributed by atoms with E-state index in [-0.39, 0.29) is 11.5 Å². The maximum Gasteiger partial charge on any atom is 0.263 e. The molecule has 0 aliphatic rings. The van der Waals surface area contributed by atoms with Gasteiger partial charge in [-0.1, -0.05) is 6.92 Å². The van der Waals surface area contributed by atoms with Crippen LogP contribution >= 0.6 is 11.3 Å². The molecule has 114 valence electrons. The first-order chi connectivity index (χ1) is 10.1. The Morgan fingerprint density at radius 1 is 1.43 bits per heavy atom. The highest BCUT2D eigenvalue weighted by molar-refractivity contribution is 7.93. The summed E-state index contributed by atoms with van der Waals surface area (Å²) in [6.45, 7) is 2.19. The van der Waals surface area contributed by atoms with Crippen molar-refractivity contribution in [3.05, 3.63) is 35.3 Å². The summed E-state index contributed by atoms with van der Waals surface area (Å²) in [4.78, 5) is 3.94. The molecule has 0 atom stereocenters. The maximum absolute atomic E-state index is 12.2. The number of aliphatic hydroxyl groups is 1. The minimum Gasteiger partial charge on any atom is -0.493 e. The van der Waals surface area contributed by atoms with Crippen LogP contribution in [0.4, 0.5) is 5.13 Å². The van der Waals surface area contributed by atoms with Crippen molar-refractivity contribution in [1.29, 1.82) is 0 Å². The predicted octanol–water partition coefficient (Wildman–Crippen LogP) is 2.23. The van der Waals surface area contributed by atoms with E-state index < -0.39 is 10.0 Å². The van der Waals surface area contributed by atoms with Crippen molar-refractivity contribution in [2.24, 2.45) is 0 Å². The molecule has 0 radical (unpaired) electrons. The molecule has 0 fully saturated rings. The fraction of sp³-hybridized carbons (Fsp3) is 0.308. The highest BCUT2D eigenvalue weighted by Crippen LogP contribution is 2.25. The zero-order valence-electron chi connectivity index (χ0n) is 11.4. The summed E-state index contributed by atoms with van der Waals surface area (Å²) >= 11 is 1.19. The molecule has 0 saturated carbocycles. The molecule has 2 rings (SSSR count). The van der Waals surface area contributed by atoms with Crippen molar-refractivity contribution in [3.63, 3.8) is 0 Å². The molecule has 0 unspecified atom stereocenters. The molecule has 0 aliphatic carbocycles. The second-order valence-corrected chi connectivity index (χ2v) is 6.80. The number of aliphatic hydroxyl groups excluding tert-OH is 1. The van der Waals surface area contributed by atoms with Crippen LogP contribution in [0.3, 0.4) is 0 Å². The Morgan fingerprint density at radius 2 is 2.24 bits per heavy atom. The van der Waals surface area contributed by atoms with Gasteiger partial charge in [-0.15, -0.1) is 11.3 Å². The summed E-state index contributed by atoms with van der Waals surface area (Å²) in [5.74, 6) is 0.493. The molecule has 2 N–H and O–H groups in total. The van der Waals surface area contributed by atoms with Gasteiger partial charge in [0.15, 0.2) is 5.13 Å². The number of nitrogens with zero attached hydrogens (tertiary/aromatic N) is 1. The third kappa shape index (κ3) is 3.93. The van der Waals surface area contributed by atoms with Gasteiger partial charge in [0.05, 0.1) is 18.1 Å². The minimum absolute atomic E-state index is 0.0607. The smallest absolute Gasteiger partial charge is 0.263 e. The SMILES string of the molecule is CCCOc1ccc(S(=O)(=O)Nc2nccs2)cc1CO. The number of sulfonamides is 1. The average Bonchev–Trinajstić information content (AvgIpc) is 2.97. The number of ether oxygens (including phenoxy) is 1. The van der Waals surface area contributed by atoms with E-state index >= 15 is 0 Å². The standard InChI is InChI=1S/C13H16N2O4S2/c1-2-6-19-12-4-3-11(8-10(12)9-16)21(17,18)15-13-14-5-7-20-13/h3-5,7-8,16H,2,6,9H2,1H3,(H,14,15). The van der Waals surface area contributed by atoms with Crippen molar-refractivity contribution >= 4 is 26.5 Å². The summed E-state index contributed by atoms with van der Waals surface area (Å²) in [5, 5.41) is 11.3. The van der Waals surface area contributed by atoms with Crippen LogP contribution < -0.4 is 9.46 Å². The van der Waals surface area contributed by atoms with E-state index in [1.54, 1.807) is 11.4 Å². The lowest BCUT2D eigenvalue weighted by Gasteiger charge is -2.11. The number of hydrogen-bond acceptors (Lipinski definition) is 6. The molecule has 1 aromatic heterocycles. The average molecular weight is 328 g/mol. The normalized spacial score (nSPS) is 11.3. The number of rotatable bonds is 7. The third-order valence-electron chi connectivity index (χ3n) is 2.63. The van der Waals surface area contributed by atoms with E-state index in [4.69, 9.17) is 4.74 Å². The number of hydrogen-bond donors (Lipinski definition) is 2. The lowest BCUT2D eigenvalue weighted by Crippen LogP contribution is -2.13. The van der Waals surface area contributed by atoms with Crippen LogP contribution in [0.25, 0.3) is 0 Å². The van der Waals surface area contributed by atoms with E-state index in [1.165, 1.54) is 29.7 Å². The molecule has 1 aromatic carbocycles. The van der Waals surface area contributed by atoms with E-state index in [2.05, 4.69) is 9.71 Å². The monoisotopic (exact) mass is 328 g/mol. The largest absolute Gasteiger partial charge is 0.493 e. The van der Waals surface area contributed by atoms with Crippen molar-refractivity contribution in [2.45, 2.75) is 24.8 Å². The Morgan fingerprint density at radius 3 is 2.86 bits per heavy atom. The second kappa shape index (κ2) is 6.88. The van der Waals surface area contributed by atoms with Crippen LogP contribution in [0, 0.1) is 0 Å². The minimum atomic E-state index is -3.72. The topological polar surface area (TPSA) is 88.5 Å². The van der Waals surface area contributed by atoms with E-state index in [0.29, 0.717) is 23.1 Å². The molecule has 1 heterocycles. The molecule has 0 amide bonds. The Hall–Kier alpha value is -1.64. The lowest BCUT2D eigenvalue weighted by atomic mass is 10.2. The molecule has 0 saturated heterocycles. The zero-order valence-corrected chi connectivity index (χ0v) is 13.1. The van der Waals surface area contributed by atoms with Gasteiger partial charge in [0.1, 0.15) is 5.75 Å². The molecule has 8 heteroatoms. The van der Waals surface area contributed by atoms with Gasteiger partial charge in [-0.25, -0.2) is 13.4 Å². The molecular weight excluding hydrogens is 312 g/mol. The summed E-state index contributed by atoms with van der Waals surface area (Å²) in [6.07, 6.45) is 2.35. The molecular formula is C13H16N2O4S2. The van der Waals surface area contributed by atoms with Gasteiger partial charge in [-0.05, 0) is 24.6 Å². The van der Waals surface area contributed by atoms with Crippen LogP contribution in [-0.4, -0.2) is 25.1 Å². The maximum atomic E-state index is 12.2. The Kier molecular flexibility index (Phi) is 5.16. The van der Waals surface area contributed by atoms with Gasteiger partial charge in [0, 0.05) is 17.1 Å². The molecule has 6 nitrogen and oxygen atoms in total. The van der Waals surface area contributed by atoms with Crippen molar-refractivity contribution in [3.8, 4) is 5.75 Å². The molecule has 0 bridgehead atoms.